The van der Waals surface area contributed by atoms with Crippen LogP contribution in [0.15, 0.2) is 18.3 Å². The monoisotopic (exact) mass is 320 g/mol. The number of pyridine rings is 1. The molecule has 1 atom stereocenters. The van der Waals surface area contributed by atoms with Gasteiger partial charge in [-0.2, -0.15) is 5.10 Å². The quantitative estimate of drug-likeness (QED) is 0.921. The molecule has 0 aromatic carbocycles. The Morgan fingerprint density at radius 3 is 2.68 bits per heavy atom. The fraction of sp³-hybridized carbons (Fsp3) is 0.438. The third kappa shape index (κ3) is 3.65. The average Bonchev–Trinajstić information content (AvgIpc) is 2.75. The van der Waals surface area contributed by atoms with Crippen LogP contribution in [0, 0.1) is 13.8 Å². The van der Waals surface area contributed by atoms with Crippen molar-refractivity contribution in [2.75, 3.05) is 0 Å². The summed E-state index contributed by atoms with van der Waals surface area (Å²) < 4.78 is 1.92. The number of amides is 1. The summed E-state index contributed by atoms with van der Waals surface area (Å²) in [5.74, 6) is -0.0360. The molecule has 0 fully saturated rings. The Morgan fingerprint density at radius 2 is 2.14 bits per heavy atom. The van der Waals surface area contributed by atoms with Crippen molar-refractivity contribution < 1.29 is 4.79 Å². The minimum absolute atomic E-state index is 0.0360. The molecule has 1 N–H and O–H groups in total. The number of nitrogens with one attached hydrogen (secondary N) is 1. The van der Waals surface area contributed by atoms with Crippen LogP contribution in [0.5, 0.6) is 0 Å². The van der Waals surface area contributed by atoms with Gasteiger partial charge in [-0.3, -0.25) is 14.5 Å². The summed E-state index contributed by atoms with van der Waals surface area (Å²) in [7, 11) is 0. The summed E-state index contributed by atoms with van der Waals surface area (Å²) in [5, 5.41) is 7.99. The molecule has 0 saturated heterocycles. The van der Waals surface area contributed by atoms with Gasteiger partial charge in [0.15, 0.2) is 0 Å². The van der Waals surface area contributed by atoms with Gasteiger partial charge in [0.1, 0.15) is 0 Å². The first kappa shape index (κ1) is 16.5. The summed E-state index contributed by atoms with van der Waals surface area (Å²) in [5.41, 5.74) is 3.74. The highest BCUT2D eigenvalue weighted by Crippen LogP contribution is 2.16. The lowest BCUT2D eigenvalue weighted by Crippen LogP contribution is -2.29. The lowest BCUT2D eigenvalue weighted by atomic mass is 10.1. The third-order valence-electron chi connectivity index (χ3n) is 3.74. The molecule has 0 radical (unpaired) electrons. The van der Waals surface area contributed by atoms with E-state index in [1.807, 2.05) is 38.4 Å². The number of rotatable bonds is 5. The summed E-state index contributed by atoms with van der Waals surface area (Å²) in [6.45, 7) is 8.68. The molecule has 0 aliphatic carbocycles. The predicted octanol–water partition coefficient (Wildman–Crippen LogP) is 2.99. The molecule has 0 spiro atoms. The van der Waals surface area contributed by atoms with Crippen molar-refractivity contribution in [3.8, 4) is 0 Å². The lowest BCUT2D eigenvalue weighted by Gasteiger charge is -2.13. The van der Waals surface area contributed by atoms with Gasteiger partial charge in [0, 0.05) is 24.0 Å². The van der Waals surface area contributed by atoms with E-state index in [1.165, 1.54) is 0 Å². The van der Waals surface area contributed by atoms with Crippen molar-refractivity contribution in [2.45, 2.75) is 46.7 Å². The number of carbonyl (C=O) groups is 1. The highest BCUT2D eigenvalue weighted by molar-refractivity contribution is 6.30. The van der Waals surface area contributed by atoms with E-state index in [1.54, 1.807) is 12.3 Å². The second kappa shape index (κ2) is 6.92. The molecule has 0 aliphatic rings. The Morgan fingerprint density at radius 1 is 1.41 bits per heavy atom. The largest absolute Gasteiger partial charge is 0.348 e. The topological polar surface area (TPSA) is 59.8 Å². The molecule has 5 nitrogen and oxygen atoms in total. The first-order valence-corrected chi connectivity index (χ1v) is 7.73. The zero-order valence-electron chi connectivity index (χ0n) is 13.4. The fourth-order valence-corrected chi connectivity index (χ4v) is 2.58. The Kier molecular flexibility index (Phi) is 5.19. The van der Waals surface area contributed by atoms with Crippen LogP contribution in [0.25, 0.3) is 0 Å². The number of nitrogens with zero attached hydrogens (tertiary/aromatic N) is 3. The lowest BCUT2D eigenvalue weighted by molar-refractivity contribution is -0.121. The summed E-state index contributed by atoms with van der Waals surface area (Å²) in [4.78, 5) is 16.5. The Bertz CT molecular complexity index is 664. The molecule has 1 amide bonds. The van der Waals surface area contributed by atoms with Gasteiger partial charge < -0.3 is 5.32 Å². The van der Waals surface area contributed by atoms with Gasteiger partial charge in [-0.25, -0.2) is 0 Å². The molecular weight excluding hydrogens is 300 g/mol. The molecule has 6 heteroatoms. The fourth-order valence-electron chi connectivity index (χ4n) is 2.47. The Hall–Kier alpha value is -1.88. The van der Waals surface area contributed by atoms with E-state index >= 15 is 0 Å². The van der Waals surface area contributed by atoms with Crippen molar-refractivity contribution in [3.05, 3.63) is 46.0 Å². The van der Waals surface area contributed by atoms with Gasteiger partial charge in [0.2, 0.25) is 5.91 Å². The van der Waals surface area contributed by atoms with Crippen LogP contribution in [0.4, 0.5) is 0 Å². The van der Waals surface area contributed by atoms with Crippen LogP contribution in [0.3, 0.4) is 0 Å². The SMILES string of the molecule is CCn1nc(C)c(CC(=O)N[C@@H](C)c2ccc(Cl)cn2)c1C. The molecule has 0 aliphatic heterocycles. The van der Waals surface area contributed by atoms with Crippen LogP contribution >= 0.6 is 11.6 Å². The van der Waals surface area contributed by atoms with Crippen LogP contribution in [0.1, 0.15) is 42.5 Å². The normalized spacial score (nSPS) is 12.2. The highest BCUT2D eigenvalue weighted by atomic mass is 35.5. The van der Waals surface area contributed by atoms with Gasteiger partial charge in [0.25, 0.3) is 0 Å². The van der Waals surface area contributed by atoms with E-state index in [2.05, 4.69) is 15.4 Å². The molecule has 22 heavy (non-hydrogen) atoms. The van der Waals surface area contributed by atoms with Crippen molar-refractivity contribution in [3.63, 3.8) is 0 Å². The number of aromatic nitrogens is 3. The number of hydrogen-bond donors (Lipinski definition) is 1. The van der Waals surface area contributed by atoms with Crippen molar-refractivity contribution >= 4 is 17.5 Å². The summed E-state index contributed by atoms with van der Waals surface area (Å²) >= 11 is 5.82. The van der Waals surface area contributed by atoms with Gasteiger partial charge in [-0.1, -0.05) is 11.6 Å². The predicted molar refractivity (Wildman–Crippen MR) is 86.9 cm³/mol. The van der Waals surface area contributed by atoms with E-state index in [9.17, 15) is 4.79 Å². The summed E-state index contributed by atoms with van der Waals surface area (Å²) in [6, 6.07) is 3.43. The Balaban J connectivity index is 2.04. The van der Waals surface area contributed by atoms with Crippen molar-refractivity contribution in [1.82, 2.24) is 20.1 Å². The van der Waals surface area contributed by atoms with Gasteiger partial charge >= 0.3 is 0 Å². The minimum atomic E-state index is -0.161. The molecule has 2 heterocycles. The molecule has 2 aromatic heterocycles. The second-order valence-electron chi connectivity index (χ2n) is 5.33. The summed E-state index contributed by atoms with van der Waals surface area (Å²) in [6.07, 6.45) is 1.91. The molecule has 0 saturated carbocycles. The zero-order valence-corrected chi connectivity index (χ0v) is 14.1. The van der Waals surface area contributed by atoms with Crippen LogP contribution in [0.2, 0.25) is 5.02 Å². The maximum absolute atomic E-state index is 12.3. The van der Waals surface area contributed by atoms with E-state index in [0.717, 1.165) is 29.2 Å². The number of hydrogen-bond acceptors (Lipinski definition) is 3. The standard InChI is InChI=1S/C16H21ClN4O/c1-5-21-12(4)14(10(2)20-21)8-16(22)19-11(3)15-7-6-13(17)9-18-15/h6-7,9,11H,5,8H2,1-4H3,(H,19,22)/t11-/m0/s1. The number of aryl methyl sites for hydroxylation is 2. The van der Waals surface area contributed by atoms with Crippen molar-refractivity contribution in [1.29, 1.82) is 0 Å². The molecule has 2 aromatic rings. The first-order valence-electron chi connectivity index (χ1n) is 7.36. The highest BCUT2D eigenvalue weighted by Gasteiger charge is 2.16. The van der Waals surface area contributed by atoms with Gasteiger partial charge in [-0.05, 0) is 39.8 Å². The molecular formula is C16H21ClN4O. The van der Waals surface area contributed by atoms with Crippen molar-refractivity contribution in [2.24, 2.45) is 0 Å². The van der Waals surface area contributed by atoms with Crippen LogP contribution in [-0.4, -0.2) is 20.7 Å². The van der Waals surface area contributed by atoms with E-state index < -0.39 is 0 Å². The molecule has 118 valence electrons. The van der Waals surface area contributed by atoms with Gasteiger partial charge in [0.05, 0.1) is 28.9 Å². The molecule has 2 rings (SSSR count). The average molecular weight is 321 g/mol. The molecule has 0 bridgehead atoms. The van der Waals surface area contributed by atoms with Crippen LogP contribution in [-0.2, 0) is 17.8 Å². The number of halogens is 1. The Labute approximate surface area is 135 Å². The van der Waals surface area contributed by atoms with E-state index in [4.69, 9.17) is 11.6 Å². The smallest absolute Gasteiger partial charge is 0.225 e. The molecule has 0 unspecified atom stereocenters. The number of carbonyl (C=O) groups excluding carboxylic acids is 1. The zero-order chi connectivity index (χ0) is 16.3. The maximum Gasteiger partial charge on any atom is 0.225 e. The van der Waals surface area contributed by atoms with E-state index in [0.29, 0.717) is 11.4 Å². The third-order valence-corrected chi connectivity index (χ3v) is 3.96. The van der Waals surface area contributed by atoms with Gasteiger partial charge in [-0.15, -0.1) is 0 Å². The van der Waals surface area contributed by atoms with Crippen LogP contribution < -0.4 is 5.32 Å². The first-order chi connectivity index (χ1) is 10.4. The second-order valence-corrected chi connectivity index (χ2v) is 5.77. The minimum Gasteiger partial charge on any atom is -0.348 e. The maximum atomic E-state index is 12.3. The van der Waals surface area contributed by atoms with E-state index in [-0.39, 0.29) is 11.9 Å².